The summed E-state index contributed by atoms with van der Waals surface area (Å²) in [5.41, 5.74) is 0. The van der Waals surface area contributed by atoms with Crippen LogP contribution in [0.3, 0.4) is 0 Å². The van der Waals surface area contributed by atoms with Crippen molar-refractivity contribution in [1.82, 2.24) is 15.5 Å². The van der Waals surface area contributed by atoms with Crippen molar-refractivity contribution >= 4 is 27.3 Å². The van der Waals surface area contributed by atoms with E-state index in [9.17, 15) is 4.39 Å². The van der Waals surface area contributed by atoms with Gasteiger partial charge in [-0.2, -0.15) is 0 Å². The van der Waals surface area contributed by atoms with E-state index in [4.69, 9.17) is 4.74 Å². The van der Waals surface area contributed by atoms with Gasteiger partial charge in [0.1, 0.15) is 5.01 Å². The zero-order valence-electron chi connectivity index (χ0n) is 10.3. The first-order valence-electron chi connectivity index (χ1n) is 5.85. The molecule has 0 aliphatic heterocycles. The third-order valence-corrected chi connectivity index (χ3v) is 3.54. The first-order valence-corrected chi connectivity index (χ1v) is 7.46. The van der Waals surface area contributed by atoms with E-state index in [2.05, 4.69) is 38.4 Å². The molecule has 1 heterocycles. The summed E-state index contributed by atoms with van der Waals surface area (Å²) in [7, 11) is 0. The average Bonchev–Trinajstić information content (AvgIpc) is 2.81. The maximum Gasteiger partial charge on any atom is 0.299 e. The van der Waals surface area contributed by atoms with Gasteiger partial charge in [-0.25, -0.2) is 4.39 Å². The first-order chi connectivity index (χ1) is 9.19. The van der Waals surface area contributed by atoms with Crippen molar-refractivity contribution < 1.29 is 9.13 Å². The van der Waals surface area contributed by atoms with Gasteiger partial charge in [-0.15, -0.1) is 5.10 Å². The Hall–Kier alpha value is -1.05. The maximum absolute atomic E-state index is 13.6. The Balaban J connectivity index is 1.99. The van der Waals surface area contributed by atoms with Crippen molar-refractivity contribution in [2.24, 2.45) is 0 Å². The fourth-order valence-electron chi connectivity index (χ4n) is 1.38. The first kappa shape index (κ1) is 14.4. The maximum atomic E-state index is 13.6. The molecule has 0 saturated carbocycles. The highest BCUT2D eigenvalue weighted by atomic mass is 79.9. The van der Waals surface area contributed by atoms with Gasteiger partial charge in [-0.05, 0) is 31.2 Å². The lowest BCUT2D eigenvalue weighted by molar-refractivity contribution is 0.435. The van der Waals surface area contributed by atoms with Gasteiger partial charge in [0.25, 0.3) is 5.19 Å². The Morgan fingerprint density at radius 3 is 3.00 bits per heavy atom. The quantitative estimate of drug-likeness (QED) is 0.810. The Bertz CT molecular complexity index is 550. The largest absolute Gasteiger partial charge is 0.427 e. The van der Waals surface area contributed by atoms with E-state index in [0.717, 1.165) is 18.0 Å². The van der Waals surface area contributed by atoms with E-state index in [1.807, 2.05) is 0 Å². The Labute approximate surface area is 123 Å². The molecule has 1 aromatic carbocycles. The second-order valence-electron chi connectivity index (χ2n) is 3.82. The number of ether oxygens (including phenoxy) is 1. The molecule has 2 rings (SSSR count). The Kier molecular flexibility index (Phi) is 5.24. The molecule has 1 N–H and O–H groups in total. The fourth-order valence-corrected chi connectivity index (χ4v) is 2.38. The molecule has 4 nitrogen and oxygen atoms in total. The number of halogens is 2. The summed E-state index contributed by atoms with van der Waals surface area (Å²) in [5, 5.41) is 12.2. The van der Waals surface area contributed by atoms with Crippen LogP contribution in [0.2, 0.25) is 0 Å². The molecule has 19 heavy (non-hydrogen) atoms. The third kappa shape index (κ3) is 4.22. The molecule has 0 unspecified atom stereocenters. The minimum Gasteiger partial charge on any atom is -0.427 e. The van der Waals surface area contributed by atoms with E-state index in [1.165, 1.54) is 17.4 Å². The number of rotatable bonds is 6. The molecular weight excluding hydrogens is 333 g/mol. The van der Waals surface area contributed by atoms with Crippen LogP contribution in [-0.4, -0.2) is 16.7 Å². The molecule has 0 aliphatic carbocycles. The van der Waals surface area contributed by atoms with Gasteiger partial charge in [0.2, 0.25) is 0 Å². The lowest BCUT2D eigenvalue weighted by Crippen LogP contribution is -2.13. The zero-order chi connectivity index (χ0) is 13.7. The lowest BCUT2D eigenvalue weighted by atomic mass is 10.3. The third-order valence-electron chi connectivity index (χ3n) is 2.24. The van der Waals surface area contributed by atoms with Crippen molar-refractivity contribution in [3.63, 3.8) is 0 Å². The number of benzene rings is 1. The van der Waals surface area contributed by atoms with Crippen LogP contribution in [0.5, 0.6) is 10.9 Å². The molecule has 0 saturated heterocycles. The zero-order valence-corrected chi connectivity index (χ0v) is 12.7. The van der Waals surface area contributed by atoms with Crippen LogP contribution in [-0.2, 0) is 6.54 Å². The van der Waals surface area contributed by atoms with E-state index < -0.39 is 5.82 Å². The van der Waals surface area contributed by atoms with E-state index >= 15 is 0 Å². The second-order valence-corrected chi connectivity index (χ2v) is 5.76. The van der Waals surface area contributed by atoms with Gasteiger partial charge in [0.05, 0.1) is 0 Å². The minimum absolute atomic E-state index is 0.146. The molecule has 1 aromatic heterocycles. The van der Waals surface area contributed by atoms with Gasteiger partial charge >= 0.3 is 0 Å². The Morgan fingerprint density at radius 1 is 1.42 bits per heavy atom. The molecule has 0 bridgehead atoms. The van der Waals surface area contributed by atoms with Crippen LogP contribution in [0.4, 0.5) is 4.39 Å². The summed E-state index contributed by atoms with van der Waals surface area (Å²) in [6.07, 6.45) is 1.06. The highest BCUT2D eigenvalue weighted by Gasteiger charge is 2.09. The van der Waals surface area contributed by atoms with Gasteiger partial charge in [0.15, 0.2) is 11.6 Å². The van der Waals surface area contributed by atoms with Crippen molar-refractivity contribution in [2.75, 3.05) is 6.54 Å². The molecule has 0 fully saturated rings. The molecule has 0 atom stereocenters. The number of aromatic nitrogens is 2. The van der Waals surface area contributed by atoms with Crippen molar-refractivity contribution in [2.45, 2.75) is 19.9 Å². The molecule has 0 spiro atoms. The fraction of sp³-hybridized carbons (Fsp3) is 0.333. The predicted octanol–water partition coefficient (Wildman–Crippen LogP) is 3.73. The highest BCUT2D eigenvalue weighted by molar-refractivity contribution is 9.10. The van der Waals surface area contributed by atoms with E-state index in [0.29, 0.717) is 16.2 Å². The lowest BCUT2D eigenvalue weighted by Gasteiger charge is -2.02. The van der Waals surface area contributed by atoms with Crippen molar-refractivity contribution in [3.05, 3.63) is 33.5 Å². The predicted molar refractivity (Wildman–Crippen MR) is 76.1 cm³/mol. The van der Waals surface area contributed by atoms with Gasteiger partial charge in [-0.1, -0.05) is 39.3 Å². The number of hydrogen-bond acceptors (Lipinski definition) is 5. The molecule has 0 radical (unpaired) electrons. The van der Waals surface area contributed by atoms with Crippen LogP contribution in [0.15, 0.2) is 22.7 Å². The van der Waals surface area contributed by atoms with Crippen LogP contribution in [0.25, 0.3) is 0 Å². The van der Waals surface area contributed by atoms with Gasteiger partial charge in [0, 0.05) is 11.0 Å². The van der Waals surface area contributed by atoms with Gasteiger partial charge < -0.3 is 10.1 Å². The number of nitrogens with one attached hydrogen (secondary N) is 1. The summed E-state index contributed by atoms with van der Waals surface area (Å²) >= 11 is 4.50. The Morgan fingerprint density at radius 2 is 2.26 bits per heavy atom. The summed E-state index contributed by atoms with van der Waals surface area (Å²) in [4.78, 5) is 0. The van der Waals surface area contributed by atoms with E-state index in [-0.39, 0.29) is 5.75 Å². The normalized spacial score (nSPS) is 10.7. The van der Waals surface area contributed by atoms with Gasteiger partial charge in [-0.3, -0.25) is 0 Å². The molecular formula is C12H13BrFN3OS. The molecule has 2 aromatic rings. The minimum atomic E-state index is -0.435. The molecule has 0 aliphatic rings. The summed E-state index contributed by atoms with van der Waals surface area (Å²) < 4.78 is 19.6. The highest BCUT2D eigenvalue weighted by Crippen LogP contribution is 2.28. The number of nitrogens with zero attached hydrogens (tertiary/aromatic N) is 2. The summed E-state index contributed by atoms with van der Waals surface area (Å²) in [6.45, 7) is 3.67. The SMILES string of the molecule is CCCNCc1nnc(Oc2ccc(Br)cc2F)s1. The topological polar surface area (TPSA) is 47.0 Å². The smallest absolute Gasteiger partial charge is 0.299 e. The second kappa shape index (κ2) is 6.93. The summed E-state index contributed by atoms with van der Waals surface area (Å²) in [6, 6.07) is 4.61. The van der Waals surface area contributed by atoms with Crippen LogP contribution in [0, 0.1) is 5.82 Å². The standard InChI is InChI=1S/C12H13BrFN3OS/c1-2-5-15-7-11-16-17-12(19-11)18-10-4-3-8(13)6-9(10)14/h3-4,6,15H,2,5,7H2,1H3. The summed E-state index contributed by atoms with van der Waals surface area (Å²) in [5.74, 6) is -0.289. The van der Waals surface area contributed by atoms with Crippen LogP contribution in [0.1, 0.15) is 18.4 Å². The van der Waals surface area contributed by atoms with E-state index in [1.54, 1.807) is 12.1 Å². The average molecular weight is 346 g/mol. The van der Waals surface area contributed by atoms with Crippen LogP contribution >= 0.6 is 27.3 Å². The van der Waals surface area contributed by atoms with Crippen molar-refractivity contribution in [3.8, 4) is 10.9 Å². The molecule has 102 valence electrons. The van der Waals surface area contributed by atoms with Crippen molar-refractivity contribution in [1.29, 1.82) is 0 Å². The molecule has 0 amide bonds. The monoisotopic (exact) mass is 345 g/mol. The number of hydrogen-bond donors (Lipinski definition) is 1. The molecule has 7 heteroatoms. The van der Waals surface area contributed by atoms with Crippen LogP contribution < -0.4 is 10.1 Å².